The standard InChI is InChI=1S/C21H20Cl2N4O5S/c1-33(30,31)20-18(21(29)25-26-8-10-32-11-9-26)24-27(17-7-4-14(22)12-16(17)23)19(20)13-2-5-15(28)6-3-13/h2-7,12,28H,8-11H2,1H3,(H,25,29). The maximum atomic E-state index is 13.2. The Labute approximate surface area is 200 Å². The van der Waals surface area contributed by atoms with Crippen LogP contribution in [0.2, 0.25) is 10.0 Å². The molecule has 1 aromatic heterocycles. The van der Waals surface area contributed by atoms with Gasteiger partial charge in [0.2, 0.25) is 0 Å². The van der Waals surface area contributed by atoms with Gasteiger partial charge >= 0.3 is 0 Å². The Morgan fingerprint density at radius 3 is 2.39 bits per heavy atom. The minimum atomic E-state index is -3.94. The Morgan fingerprint density at radius 2 is 1.79 bits per heavy atom. The molecule has 2 aromatic carbocycles. The number of amides is 1. The van der Waals surface area contributed by atoms with Crippen molar-refractivity contribution in [2.75, 3.05) is 32.6 Å². The molecule has 0 spiro atoms. The van der Waals surface area contributed by atoms with Crippen molar-refractivity contribution in [2.24, 2.45) is 0 Å². The summed E-state index contributed by atoms with van der Waals surface area (Å²) in [6, 6.07) is 10.5. The molecule has 4 rings (SSSR count). The quantitative estimate of drug-likeness (QED) is 0.542. The van der Waals surface area contributed by atoms with E-state index in [2.05, 4.69) is 10.5 Å². The minimum Gasteiger partial charge on any atom is -0.508 e. The fraction of sp³-hybridized carbons (Fsp3) is 0.238. The van der Waals surface area contributed by atoms with E-state index in [4.69, 9.17) is 27.9 Å². The number of hydrazine groups is 1. The lowest BCUT2D eigenvalue weighted by Gasteiger charge is -2.26. The normalized spacial score (nSPS) is 14.9. The van der Waals surface area contributed by atoms with Gasteiger partial charge in [-0.1, -0.05) is 23.2 Å². The van der Waals surface area contributed by atoms with Crippen molar-refractivity contribution in [1.29, 1.82) is 0 Å². The Bertz CT molecular complexity index is 1300. The molecule has 1 aliphatic heterocycles. The van der Waals surface area contributed by atoms with E-state index in [0.29, 0.717) is 42.6 Å². The van der Waals surface area contributed by atoms with Gasteiger partial charge in [-0.15, -0.1) is 0 Å². The Kier molecular flexibility index (Phi) is 6.64. The number of phenolic OH excluding ortho intramolecular Hbond substituents is 1. The number of ether oxygens (including phenoxy) is 1. The first-order chi connectivity index (χ1) is 15.6. The SMILES string of the molecule is CS(=O)(=O)c1c(C(=O)NN2CCOCC2)nn(-c2ccc(Cl)cc2Cl)c1-c1ccc(O)cc1. The van der Waals surface area contributed by atoms with Crippen LogP contribution in [0.25, 0.3) is 16.9 Å². The van der Waals surface area contributed by atoms with E-state index >= 15 is 0 Å². The molecule has 0 unspecified atom stereocenters. The highest BCUT2D eigenvalue weighted by molar-refractivity contribution is 7.91. The second-order valence-corrected chi connectivity index (χ2v) is 10.2. The molecule has 1 fully saturated rings. The predicted octanol–water partition coefficient (Wildman–Crippen LogP) is 2.93. The topological polar surface area (TPSA) is 114 Å². The molecule has 0 atom stereocenters. The van der Waals surface area contributed by atoms with Crippen LogP contribution in [0, 0.1) is 0 Å². The monoisotopic (exact) mass is 510 g/mol. The van der Waals surface area contributed by atoms with Crippen LogP contribution in [0.5, 0.6) is 5.75 Å². The molecule has 0 radical (unpaired) electrons. The lowest BCUT2D eigenvalue weighted by Crippen LogP contribution is -2.48. The molecular formula is C21H20Cl2N4O5S. The highest BCUT2D eigenvalue weighted by Crippen LogP contribution is 2.36. The van der Waals surface area contributed by atoms with Crippen LogP contribution in [0.1, 0.15) is 10.5 Å². The summed E-state index contributed by atoms with van der Waals surface area (Å²) in [6.07, 6.45) is 1.01. The molecule has 0 bridgehead atoms. The van der Waals surface area contributed by atoms with E-state index in [1.807, 2.05) is 0 Å². The van der Waals surface area contributed by atoms with Gasteiger partial charge in [-0.25, -0.2) is 18.1 Å². The van der Waals surface area contributed by atoms with Crippen LogP contribution in [0.4, 0.5) is 0 Å². The van der Waals surface area contributed by atoms with Crippen LogP contribution in [-0.2, 0) is 14.6 Å². The molecule has 12 heteroatoms. The van der Waals surface area contributed by atoms with Crippen LogP contribution in [0.15, 0.2) is 47.4 Å². The number of carbonyl (C=O) groups is 1. The van der Waals surface area contributed by atoms with Gasteiger partial charge in [0.25, 0.3) is 5.91 Å². The minimum absolute atomic E-state index is 0.000491. The number of carbonyl (C=O) groups excluding carboxylic acids is 1. The van der Waals surface area contributed by atoms with E-state index in [0.717, 1.165) is 6.26 Å². The summed E-state index contributed by atoms with van der Waals surface area (Å²) in [4.78, 5) is 12.9. The number of nitrogens with zero attached hydrogens (tertiary/aromatic N) is 3. The Balaban J connectivity index is 1.95. The van der Waals surface area contributed by atoms with Gasteiger partial charge in [-0.3, -0.25) is 10.2 Å². The summed E-state index contributed by atoms with van der Waals surface area (Å²) in [7, 11) is -3.94. The van der Waals surface area contributed by atoms with E-state index < -0.39 is 15.7 Å². The predicted molar refractivity (Wildman–Crippen MR) is 124 cm³/mol. The summed E-state index contributed by atoms with van der Waals surface area (Å²) in [6.45, 7) is 1.78. The van der Waals surface area contributed by atoms with Crippen molar-refractivity contribution >= 4 is 38.9 Å². The Hall–Kier alpha value is -2.63. The number of morpholine rings is 1. The maximum absolute atomic E-state index is 13.2. The van der Waals surface area contributed by atoms with Gasteiger partial charge in [-0.2, -0.15) is 5.10 Å². The number of hydrogen-bond acceptors (Lipinski definition) is 7. The molecule has 3 aromatic rings. The molecule has 2 N–H and O–H groups in total. The van der Waals surface area contributed by atoms with E-state index in [9.17, 15) is 18.3 Å². The average Bonchev–Trinajstić information content (AvgIpc) is 3.16. The zero-order chi connectivity index (χ0) is 23.8. The van der Waals surface area contributed by atoms with Gasteiger partial charge in [0.05, 0.1) is 29.6 Å². The van der Waals surface area contributed by atoms with Crippen molar-refractivity contribution in [2.45, 2.75) is 4.90 Å². The second-order valence-electron chi connectivity index (χ2n) is 7.39. The number of halogens is 2. The smallest absolute Gasteiger partial charge is 0.287 e. The highest BCUT2D eigenvalue weighted by atomic mass is 35.5. The fourth-order valence-electron chi connectivity index (χ4n) is 3.48. The number of nitrogens with one attached hydrogen (secondary N) is 1. The van der Waals surface area contributed by atoms with Gasteiger partial charge in [0.15, 0.2) is 15.5 Å². The lowest BCUT2D eigenvalue weighted by atomic mass is 10.1. The van der Waals surface area contributed by atoms with Crippen molar-refractivity contribution < 1.29 is 23.1 Å². The van der Waals surface area contributed by atoms with E-state index in [1.165, 1.54) is 35.0 Å². The van der Waals surface area contributed by atoms with Gasteiger partial charge in [0, 0.05) is 29.9 Å². The number of sulfone groups is 1. The molecule has 174 valence electrons. The number of rotatable bonds is 5. The molecule has 1 amide bonds. The fourth-order valence-corrected chi connectivity index (χ4v) is 5.00. The molecular weight excluding hydrogens is 491 g/mol. The molecule has 2 heterocycles. The average molecular weight is 511 g/mol. The third-order valence-corrected chi connectivity index (χ3v) is 6.64. The van der Waals surface area contributed by atoms with Gasteiger partial charge in [-0.05, 0) is 42.5 Å². The van der Waals surface area contributed by atoms with Gasteiger partial charge < -0.3 is 9.84 Å². The number of aromatic nitrogens is 2. The number of aromatic hydroxyl groups is 1. The number of hydrogen-bond donors (Lipinski definition) is 2. The third kappa shape index (κ3) is 4.99. The maximum Gasteiger partial charge on any atom is 0.287 e. The molecule has 1 saturated heterocycles. The van der Waals surface area contributed by atoms with E-state index in [-0.39, 0.29) is 27.1 Å². The van der Waals surface area contributed by atoms with Crippen molar-refractivity contribution in [1.82, 2.24) is 20.2 Å². The molecule has 9 nitrogen and oxygen atoms in total. The summed E-state index contributed by atoms with van der Waals surface area (Å²) in [5.41, 5.74) is 3.30. The van der Waals surface area contributed by atoms with Crippen LogP contribution < -0.4 is 5.43 Å². The zero-order valence-corrected chi connectivity index (χ0v) is 19.8. The summed E-state index contributed by atoms with van der Waals surface area (Å²) >= 11 is 12.4. The van der Waals surface area contributed by atoms with Crippen molar-refractivity contribution in [3.05, 3.63) is 58.2 Å². The molecule has 1 aliphatic rings. The first-order valence-electron chi connectivity index (χ1n) is 9.87. The van der Waals surface area contributed by atoms with Crippen LogP contribution in [-0.4, -0.2) is 66.8 Å². The summed E-state index contributed by atoms with van der Waals surface area (Å²) < 4.78 is 32.4. The Morgan fingerprint density at radius 1 is 1.12 bits per heavy atom. The van der Waals surface area contributed by atoms with Crippen molar-refractivity contribution in [3.63, 3.8) is 0 Å². The summed E-state index contributed by atoms with van der Waals surface area (Å²) in [5, 5.41) is 16.3. The largest absolute Gasteiger partial charge is 0.508 e. The third-order valence-electron chi connectivity index (χ3n) is 4.98. The molecule has 0 aliphatic carbocycles. The first kappa shape index (κ1) is 23.5. The van der Waals surface area contributed by atoms with Crippen molar-refractivity contribution in [3.8, 4) is 22.7 Å². The lowest BCUT2D eigenvalue weighted by molar-refractivity contribution is 0.0123. The zero-order valence-electron chi connectivity index (χ0n) is 17.5. The highest BCUT2D eigenvalue weighted by Gasteiger charge is 2.32. The van der Waals surface area contributed by atoms with Gasteiger partial charge in [0.1, 0.15) is 10.6 Å². The van der Waals surface area contributed by atoms with Crippen LogP contribution in [0.3, 0.4) is 0 Å². The number of phenols is 1. The molecule has 33 heavy (non-hydrogen) atoms. The summed E-state index contributed by atoms with van der Waals surface area (Å²) in [5.74, 6) is -0.679. The second kappa shape index (κ2) is 9.32. The van der Waals surface area contributed by atoms with Crippen LogP contribution >= 0.6 is 23.2 Å². The molecule has 0 saturated carbocycles. The van der Waals surface area contributed by atoms with E-state index in [1.54, 1.807) is 17.1 Å². The first-order valence-corrected chi connectivity index (χ1v) is 12.5. The number of benzene rings is 2.